The van der Waals surface area contributed by atoms with E-state index in [0.29, 0.717) is 0 Å². The van der Waals surface area contributed by atoms with Crippen LogP contribution in [0.2, 0.25) is 0 Å². The first-order chi connectivity index (χ1) is 7.61. The van der Waals surface area contributed by atoms with Crippen LogP contribution >= 0.6 is 0 Å². The Morgan fingerprint density at radius 3 is 2.69 bits per heavy atom. The first-order valence-corrected chi connectivity index (χ1v) is 4.23. The first kappa shape index (κ1) is 10.2. The van der Waals surface area contributed by atoms with Crippen molar-refractivity contribution in [2.45, 2.75) is 0 Å². The van der Waals surface area contributed by atoms with Gasteiger partial charge in [0, 0.05) is 17.8 Å². The van der Waals surface area contributed by atoms with Gasteiger partial charge in [-0.15, -0.1) is 0 Å². The molecule has 82 valence electrons. The highest BCUT2D eigenvalue weighted by molar-refractivity contribution is 5.66. The van der Waals surface area contributed by atoms with Gasteiger partial charge in [-0.25, -0.2) is 4.39 Å². The summed E-state index contributed by atoms with van der Waals surface area (Å²) in [5, 5.41) is 16.4. The summed E-state index contributed by atoms with van der Waals surface area (Å²) in [6.45, 7) is 0. The van der Waals surface area contributed by atoms with E-state index in [2.05, 4.69) is 10.2 Å². The molecular weight excluding hydrogens is 220 g/mol. The lowest BCUT2D eigenvalue weighted by molar-refractivity contribution is -0.387. The minimum absolute atomic E-state index is 0.124. The molecule has 2 rings (SSSR count). The molecule has 0 radical (unpaired) electrons. The number of rotatable bonds is 2. The van der Waals surface area contributed by atoms with Crippen LogP contribution in [0.3, 0.4) is 0 Å². The Morgan fingerprint density at radius 1 is 1.38 bits per heavy atom. The van der Waals surface area contributed by atoms with Gasteiger partial charge in [0.05, 0.1) is 16.7 Å². The number of hydrogen-bond acceptors (Lipinski definition) is 3. The number of benzene rings is 1. The second kappa shape index (κ2) is 3.69. The van der Waals surface area contributed by atoms with Crippen molar-refractivity contribution in [3.63, 3.8) is 0 Å². The summed E-state index contributed by atoms with van der Waals surface area (Å²) < 4.78 is 27.0. The van der Waals surface area contributed by atoms with Crippen LogP contribution in [0.4, 0.5) is 14.5 Å². The van der Waals surface area contributed by atoms with Crippen molar-refractivity contribution < 1.29 is 13.7 Å². The third kappa shape index (κ3) is 1.52. The number of H-pyrrole nitrogens is 1. The van der Waals surface area contributed by atoms with Gasteiger partial charge in [-0.1, -0.05) is 0 Å². The summed E-state index contributed by atoms with van der Waals surface area (Å²) in [6.07, 6.45) is 2.44. The van der Waals surface area contributed by atoms with Crippen LogP contribution in [-0.4, -0.2) is 15.1 Å². The number of hydrogen-bond donors (Lipinski definition) is 1. The number of aromatic nitrogens is 2. The Morgan fingerprint density at radius 2 is 2.12 bits per heavy atom. The largest absolute Gasteiger partial charge is 0.305 e. The van der Waals surface area contributed by atoms with Gasteiger partial charge in [0.1, 0.15) is 5.82 Å². The summed E-state index contributed by atoms with van der Waals surface area (Å²) in [6, 6.07) is 1.64. The SMILES string of the molecule is O=[N+]([O-])c1ccc(F)c(-c2cn[nH]c2)c1F. The Kier molecular flexibility index (Phi) is 2.35. The van der Waals surface area contributed by atoms with Crippen LogP contribution in [0.5, 0.6) is 0 Å². The Labute approximate surface area is 87.9 Å². The smallest absolute Gasteiger partial charge is 0.285 e. The van der Waals surface area contributed by atoms with Crippen LogP contribution in [0, 0.1) is 21.7 Å². The normalized spacial score (nSPS) is 10.4. The average Bonchev–Trinajstić information content (AvgIpc) is 2.70. The Hall–Kier alpha value is -2.31. The molecule has 0 aliphatic heterocycles. The lowest BCUT2D eigenvalue weighted by Crippen LogP contribution is -1.97. The van der Waals surface area contributed by atoms with Gasteiger partial charge in [0.2, 0.25) is 5.82 Å². The number of nitro groups is 1. The van der Waals surface area contributed by atoms with E-state index in [4.69, 9.17) is 0 Å². The van der Waals surface area contributed by atoms with Crippen molar-refractivity contribution in [3.8, 4) is 11.1 Å². The molecule has 1 aromatic carbocycles. The fourth-order valence-corrected chi connectivity index (χ4v) is 1.33. The fourth-order valence-electron chi connectivity index (χ4n) is 1.33. The molecule has 0 aliphatic carbocycles. The molecular formula is C9H5F2N3O2. The van der Waals surface area contributed by atoms with Crippen molar-refractivity contribution in [1.82, 2.24) is 10.2 Å². The predicted molar refractivity (Wildman–Crippen MR) is 50.6 cm³/mol. The van der Waals surface area contributed by atoms with E-state index in [1.807, 2.05) is 0 Å². The summed E-state index contributed by atoms with van der Waals surface area (Å²) >= 11 is 0. The van der Waals surface area contributed by atoms with Crippen LogP contribution in [0.1, 0.15) is 0 Å². The quantitative estimate of drug-likeness (QED) is 0.629. The molecule has 0 saturated heterocycles. The highest BCUT2D eigenvalue weighted by Gasteiger charge is 2.22. The monoisotopic (exact) mass is 225 g/mol. The molecule has 1 aromatic heterocycles. The zero-order chi connectivity index (χ0) is 11.7. The van der Waals surface area contributed by atoms with Gasteiger partial charge in [-0.3, -0.25) is 15.2 Å². The highest BCUT2D eigenvalue weighted by Crippen LogP contribution is 2.30. The van der Waals surface area contributed by atoms with Gasteiger partial charge in [-0.05, 0) is 6.07 Å². The van der Waals surface area contributed by atoms with Crippen molar-refractivity contribution in [2.24, 2.45) is 0 Å². The second-order valence-electron chi connectivity index (χ2n) is 3.00. The minimum atomic E-state index is -1.20. The second-order valence-corrected chi connectivity index (χ2v) is 3.00. The molecule has 0 bridgehead atoms. The summed E-state index contributed by atoms with van der Waals surface area (Å²) in [5.74, 6) is -2.07. The summed E-state index contributed by atoms with van der Waals surface area (Å²) in [7, 11) is 0. The van der Waals surface area contributed by atoms with Gasteiger partial charge < -0.3 is 0 Å². The summed E-state index contributed by atoms with van der Waals surface area (Å²) in [5.41, 5.74) is -1.10. The minimum Gasteiger partial charge on any atom is -0.285 e. The molecule has 1 N–H and O–H groups in total. The average molecular weight is 225 g/mol. The topological polar surface area (TPSA) is 71.8 Å². The van der Waals surface area contributed by atoms with E-state index < -0.39 is 27.8 Å². The maximum atomic E-state index is 13.6. The first-order valence-electron chi connectivity index (χ1n) is 4.23. The maximum absolute atomic E-state index is 13.6. The lowest BCUT2D eigenvalue weighted by atomic mass is 10.1. The molecule has 0 unspecified atom stereocenters. The van der Waals surface area contributed by atoms with E-state index >= 15 is 0 Å². The van der Waals surface area contributed by atoms with Crippen LogP contribution in [-0.2, 0) is 0 Å². The maximum Gasteiger partial charge on any atom is 0.305 e. The van der Waals surface area contributed by atoms with E-state index in [0.717, 1.165) is 12.1 Å². The Balaban J connectivity index is 2.69. The van der Waals surface area contributed by atoms with Crippen molar-refractivity contribution >= 4 is 5.69 Å². The van der Waals surface area contributed by atoms with Gasteiger partial charge in [-0.2, -0.15) is 9.49 Å². The van der Waals surface area contributed by atoms with Crippen molar-refractivity contribution in [1.29, 1.82) is 0 Å². The van der Waals surface area contributed by atoms with Crippen molar-refractivity contribution in [2.75, 3.05) is 0 Å². The number of halogens is 2. The molecule has 7 heteroatoms. The number of nitrogens with zero attached hydrogens (tertiary/aromatic N) is 2. The van der Waals surface area contributed by atoms with Crippen molar-refractivity contribution in [3.05, 3.63) is 46.3 Å². The third-order valence-electron chi connectivity index (χ3n) is 2.05. The van der Waals surface area contributed by atoms with Gasteiger partial charge in [0.15, 0.2) is 0 Å². The molecule has 0 saturated carbocycles. The third-order valence-corrected chi connectivity index (χ3v) is 2.05. The van der Waals surface area contributed by atoms with E-state index in [1.165, 1.54) is 12.4 Å². The van der Waals surface area contributed by atoms with E-state index in [9.17, 15) is 18.9 Å². The van der Waals surface area contributed by atoms with E-state index in [1.54, 1.807) is 0 Å². The highest BCUT2D eigenvalue weighted by atomic mass is 19.1. The lowest BCUT2D eigenvalue weighted by Gasteiger charge is -2.02. The molecule has 5 nitrogen and oxygen atoms in total. The predicted octanol–water partition coefficient (Wildman–Crippen LogP) is 2.26. The zero-order valence-electron chi connectivity index (χ0n) is 7.78. The van der Waals surface area contributed by atoms with Crippen LogP contribution < -0.4 is 0 Å². The zero-order valence-corrected chi connectivity index (χ0v) is 7.78. The van der Waals surface area contributed by atoms with Gasteiger partial charge >= 0.3 is 5.69 Å². The molecule has 2 aromatic rings. The Bertz CT molecular complexity index is 540. The standard InChI is InChI=1S/C9H5F2N3O2/c10-6-1-2-7(14(15)16)9(11)8(6)5-3-12-13-4-5/h1-4H,(H,12,13). The molecule has 0 fully saturated rings. The molecule has 0 amide bonds. The molecule has 16 heavy (non-hydrogen) atoms. The van der Waals surface area contributed by atoms with Gasteiger partial charge in [0.25, 0.3) is 0 Å². The summed E-state index contributed by atoms with van der Waals surface area (Å²) in [4.78, 5) is 9.57. The molecule has 1 heterocycles. The molecule has 0 aliphatic rings. The fraction of sp³-hybridized carbons (Fsp3) is 0. The molecule has 0 spiro atoms. The number of nitro benzene ring substituents is 1. The van der Waals surface area contributed by atoms with Crippen LogP contribution in [0.25, 0.3) is 11.1 Å². The number of aromatic amines is 1. The van der Waals surface area contributed by atoms with E-state index in [-0.39, 0.29) is 5.56 Å². The molecule has 0 atom stereocenters. The number of nitrogens with one attached hydrogen (secondary N) is 1. The van der Waals surface area contributed by atoms with Crippen LogP contribution in [0.15, 0.2) is 24.5 Å².